The summed E-state index contributed by atoms with van der Waals surface area (Å²) in [7, 11) is -3.79. The van der Waals surface area contributed by atoms with E-state index in [2.05, 4.69) is 20.7 Å². The van der Waals surface area contributed by atoms with Crippen molar-refractivity contribution in [2.75, 3.05) is 0 Å². The van der Waals surface area contributed by atoms with Crippen LogP contribution in [0.2, 0.25) is 5.02 Å². The molecule has 18 heavy (non-hydrogen) atoms. The molecule has 0 fully saturated rings. The Labute approximate surface area is 120 Å². The van der Waals surface area contributed by atoms with Crippen molar-refractivity contribution in [1.82, 2.24) is 4.72 Å². The number of carbonyl (C=O) groups excluding carboxylic acids is 1. The maximum Gasteiger partial charge on any atom is 0.242 e. The molecule has 0 radical (unpaired) electrons. The Kier molecular flexibility index (Phi) is 5.33. The average Bonchev–Trinajstić information content (AvgIpc) is 2.26. The van der Waals surface area contributed by atoms with Gasteiger partial charge in [0.15, 0.2) is 0 Å². The van der Waals surface area contributed by atoms with Gasteiger partial charge >= 0.3 is 0 Å². The molecule has 0 saturated heterocycles. The molecule has 1 rings (SSSR count). The van der Waals surface area contributed by atoms with Crippen molar-refractivity contribution in [3.05, 3.63) is 27.7 Å². The second kappa shape index (κ2) is 6.14. The molecular weight excluding hydrogens is 342 g/mol. The molecule has 0 saturated carbocycles. The molecule has 0 heterocycles. The van der Waals surface area contributed by atoms with Gasteiger partial charge in [0.05, 0.1) is 11.1 Å². The van der Waals surface area contributed by atoms with Gasteiger partial charge in [-0.25, -0.2) is 13.1 Å². The largest absolute Gasteiger partial charge is 0.298 e. The number of rotatable bonds is 5. The van der Waals surface area contributed by atoms with Crippen LogP contribution in [-0.4, -0.2) is 20.2 Å². The zero-order valence-electron chi connectivity index (χ0n) is 9.91. The van der Waals surface area contributed by atoms with Crippen molar-refractivity contribution < 1.29 is 13.2 Å². The van der Waals surface area contributed by atoms with E-state index < -0.39 is 16.1 Å². The summed E-state index contributed by atoms with van der Waals surface area (Å²) in [6.45, 7) is 3.19. The van der Waals surface area contributed by atoms with Gasteiger partial charge in [-0.1, -0.05) is 34.5 Å². The molecule has 4 nitrogen and oxygen atoms in total. The second-order valence-corrected chi connectivity index (χ2v) is 6.74. The van der Waals surface area contributed by atoms with E-state index in [1.807, 2.05) is 0 Å². The number of ketones is 1. The minimum absolute atomic E-state index is 0.0388. The highest BCUT2D eigenvalue weighted by atomic mass is 79.9. The first-order chi connectivity index (χ1) is 8.27. The van der Waals surface area contributed by atoms with E-state index in [9.17, 15) is 13.2 Å². The van der Waals surface area contributed by atoms with Gasteiger partial charge in [0, 0.05) is 10.9 Å². The van der Waals surface area contributed by atoms with Crippen LogP contribution < -0.4 is 4.72 Å². The van der Waals surface area contributed by atoms with Crippen LogP contribution in [0.4, 0.5) is 0 Å². The number of hydrogen-bond donors (Lipinski definition) is 1. The Morgan fingerprint density at radius 2 is 2.11 bits per heavy atom. The van der Waals surface area contributed by atoms with Crippen molar-refractivity contribution in [3.63, 3.8) is 0 Å². The summed E-state index contributed by atoms with van der Waals surface area (Å²) in [5.74, 6) is -0.174. The number of nitrogens with one attached hydrogen (secondary N) is 1. The molecule has 7 heteroatoms. The first kappa shape index (κ1) is 15.6. The monoisotopic (exact) mass is 353 g/mol. The van der Waals surface area contributed by atoms with E-state index in [1.165, 1.54) is 19.1 Å². The Hall–Kier alpha value is -0.430. The van der Waals surface area contributed by atoms with Crippen LogP contribution in [0.1, 0.15) is 20.3 Å². The molecule has 0 aliphatic carbocycles. The molecule has 0 amide bonds. The molecule has 0 spiro atoms. The van der Waals surface area contributed by atoms with Gasteiger partial charge in [-0.05, 0) is 25.1 Å². The minimum atomic E-state index is -3.79. The maximum atomic E-state index is 12.0. The van der Waals surface area contributed by atoms with Crippen LogP contribution in [0.3, 0.4) is 0 Å². The summed E-state index contributed by atoms with van der Waals surface area (Å²) in [5.41, 5.74) is 0. The van der Waals surface area contributed by atoms with E-state index in [0.717, 1.165) is 0 Å². The molecule has 1 atom stereocenters. The van der Waals surface area contributed by atoms with Crippen molar-refractivity contribution in [3.8, 4) is 0 Å². The Bertz CT molecular complexity index is 559. The number of sulfonamides is 1. The highest BCUT2D eigenvalue weighted by Crippen LogP contribution is 2.25. The lowest BCUT2D eigenvalue weighted by Gasteiger charge is -2.13. The highest BCUT2D eigenvalue weighted by Gasteiger charge is 2.23. The third kappa shape index (κ3) is 3.78. The summed E-state index contributed by atoms with van der Waals surface area (Å²) in [4.78, 5) is 11.4. The summed E-state index contributed by atoms with van der Waals surface area (Å²) >= 11 is 9.07. The Balaban J connectivity index is 3.04. The van der Waals surface area contributed by atoms with E-state index in [-0.39, 0.29) is 22.1 Å². The van der Waals surface area contributed by atoms with Crippen LogP contribution in [0.25, 0.3) is 0 Å². The second-order valence-electron chi connectivity index (χ2n) is 3.74. The van der Waals surface area contributed by atoms with Gasteiger partial charge in [-0.15, -0.1) is 0 Å². The smallest absolute Gasteiger partial charge is 0.242 e. The summed E-state index contributed by atoms with van der Waals surface area (Å²) in [5, 5.41) is 0.105. The normalized spacial score (nSPS) is 13.3. The van der Waals surface area contributed by atoms with Crippen LogP contribution >= 0.6 is 27.5 Å². The molecular formula is C11H13BrClNO3S. The number of Topliss-reactive ketones (excluding diaryl/α,β-unsaturated/α-hetero) is 1. The van der Waals surface area contributed by atoms with Crippen LogP contribution in [0.15, 0.2) is 27.6 Å². The van der Waals surface area contributed by atoms with E-state index >= 15 is 0 Å². The SMILES string of the molecule is CCC(=O)C(C)NS(=O)(=O)c1ccc(Br)cc1Cl. The minimum Gasteiger partial charge on any atom is -0.298 e. The van der Waals surface area contributed by atoms with Gasteiger partial charge in [0.2, 0.25) is 10.0 Å². The third-order valence-electron chi connectivity index (χ3n) is 2.35. The quantitative estimate of drug-likeness (QED) is 0.884. The molecule has 100 valence electrons. The molecule has 0 aliphatic heterocycles. The first-order valence-corrected chi connectivity index (χ1v) is 7.93. The van der Waals surface area contributed by atoms with Gasteiger partial charge in [0.1, 0.15) is 10.7 Å². The maximum absolute atomic E-state index is 12.0. The zero-order chi connectivity index (χ0) is 13.9. The standard InChI is InChI=1S/C11H13BrClNO3S/c1-3-10(15)7(2)14-18(16,17)11-5-4-8(12)6-9(11)13/h4-7,14H,3H2,1-2H3. The summed E-state index contributed by atoms with van der Waals surface area (Å²) in [6.07, 6.45) is 0.276. The molecule has 1 N–H and O–H groups in total. The molecule has 0 bridgehead atoms. The fraction of sp³-hybridized carbons (Fsp3) is 0.364. The average molecular weight is 355 g/mol. The van der Waals surface area contributed by atoms with Gasteiger partial charge in [-0.2, -0.15) is 0 Å². The fourth-order valence-corrected chi connectivity index (χ4v) is 3.63. The lowest BCUT2D eigenvalue weighted by molar-refractivity contribution is -0.119. The fourth-order valence-electron chi connectivity index (χ4n) is 1.36. The van der Waals surface area contributed by atoms with E-state index in [1.54, 1.807) is 13.0 Å². The molecule has 1 aromatic carbocycles. The topological polar surface area (TPSA) is 63.2 Å². The lowest BCUT2D eigenvalue weighted by Crippen LogP contribution is -2.38. The van der Waals surface area contributed by atoms with Gasteiger partial charge in [-0.3, -0.25) is 4.79 Å². The number of benzene rings is 1. The number of carbonyl (C=O) groups is 1. The van der Waals surface area contributed by atoms with Gasteiger partial charge in [0.25, 0.3) is 0 Å². The van der Waals surface area contributed by atoms with E-state index in [0.29, 0.717) is 4.47 Å². The molecule has 0 aromatic heterocycles. The van der Waals surface area contributed by atoms with Crippen molar-refractivity contribution in [1.29, 1.82) is 0 Å². The van der Waals surface area contributed by atoms with Crippen LogP contribution in [0.5, 0.6) is 0 Å². The first-order valence-electron chi connectivity index (χ1n) is 5.28. The molecule has 0 aliphatic rings. The zero-order valence-corrected chi connectivity index (χ0v) is 13.1. The Morgan fingerprint density at radius 1 is 1.50 bits per heavy atom. The molecule has 1 unspecified atom stereocenters. The van der Waals surface area contributed by atoms with E-state index in [4.69, 9.17) is 11.6 Å². The Morgan fingerprint density at radius 3 is 2.61 bits per heavy atom. The van der Waals surface area contributed by atoms with Crippen LogP contribution in [-0.2, 0) is 14.8 Å². The van der Waals surface area contributed by atoms with Gasteiger partial charge < -0.3 is 0 Å². The van der Waals surface area contributed by atoms with Crippen molar-refractivity contribution >= 4 is 43.3 Å². The van der Waals surface area contributed by atoms with Crippen LogP contribution in [0, 0.1) is 0 Å². The number of hydrogen-bond acceptors (Lipinski definition) is 3. The highest BCUT2D eigenvalue weighted by molar-refractivity contribution is 9.10. The predicted octanol–water partition coefficient (Wildman–Crippen LogP) is 2.75. The summed E-state index contributed by atoms with van der Waals surface area (Å²) in [6, 6.07) is 3.69. The molecule has 1 aromatic rings. The lowest BCUT2D eigenvalue weighted by atomic mass is 10.2. The summed E-state index contributed by atoms with van der Waals surface area (Å²) < 4.78 is 27.1. The third-order valence-corrected chi connectivity index (χ3v) is 4.86. The number of halogens is 2. The predicted molar refractivity (Wildman–Crippen MR) is 74.2 cm³/mol. The van der Waals surface area contributed by atoms with Crippen molar-refractivity contribution in [2.24, 2.45) is 0 Å². The van der Waals surface area contributed by atoms with Crippen molar-refractivity contribution in [2.45, 2.75) is 31.2 Å².